The molecule has 0 fully saturated rings. The fourth-order valence-electron chi connectivity index (χ4n) is 2.51. The van der Waals surface area contributed by atoms with Crippen LogP contribution >= 0.6 is 51.9 Å². The first-order valence-electron chi connectivity index (χ1n) is 8.04. The van der Waals surface area contributed by atoms with Crippen LogP contribution in [-0.4, -0.2) is 29.8 Å². The summed E-state index contributed by atoms with van der Waals surface area (Å²) in [4.78, 5) is 19.4. The van der Waals surface area contributed by atoms with Crippen molar-refractivity contribution in [2.75, 3.05) is 23.7 Å². The van der Waals surface area contributed by atoms with Gasteiger partial charge in [0.25, 0.3) is 0 Å². The monoisotopic (exact) mass is 472 g/mol. The van der Waals surface area contributed by atoms with Gasteiger partial charge in [0.1, 0.15) is 0 Å². The van der Waals surface area contributed by atoms with Crippen LogP contribution in [0.2, 0.25) is 10.0 Å². The lowest BCUT2D eigenvalue weighted by Crippen LogP contribution is -2.35. The Morgan fingerprint density at radius 2 is 1.88 bits per heavy atom. The zero-order valence-electron chi connectivity index (χ0n) is 14.2. The number of amidine groups is 1. The Labute approximate surface area is 178 Å². The van der Waals surface area contributed by atoms with Gasteiger partial charge in [-0.2, -0.15) is 0 Å². The van der Waals surface area contributed by atoms with Gasteiger partial charge in [0.2, 0.25) is 0 Å². The zero-order chi connectivity index (χ0) is 17.8. The molecule has 7 heteroatoms. The van der Waals surface area contributed by atoms with Gasteiger partial charge >= 0.3 is 0 Å². The third-order valence-corrected chi connectivity index (χ3v) is 5.74. The fraction of sp³-hybridized carbons (Fsp3) is 0.263. The van der Waals surface area contributed by atoms with Gasteiger partial charge in [0, 0.05) is 23.5 Å². The second-order valence-corrected chi connectivity index (χ2v) is 7.72. The summed E-state index contributed by atoms with van der Waals surface area (Å²) in [6.07, 6.45) is 1.07. The summed E-state index contributed by atoms with van der Waals surface area (Å²) in [5.74, 6) is 0.996. The number of nitrogens with zero attached hydrogens (tertiary/aromatic N) is 2. The number of halogens is 3. The van der Waals surface area contributed by atoms with Crippen LogP contribution in [-0.2, 0) is 0 Å². The Morgan fingerprint density at radius 1 is 1.15 bits per heavy atom. The molecular formula is C19H19BrCl2N2OS. The van der Waals surface area contributed by atoms with Crippen LogP contribution in [0.25, 0.3) is 0 Å². The second kappa shape index (κ2) is 9.79. The minimum atomic E-state index is -0.0204. The molecule has 0 aromatic heterocycles. The van der Waals surface area contributed by atoms with Gasteiger partial charge in [-0.3, -0.25) is 9.79 Å². The first-order valence-corrected chi connectivity index (χ1v) is 9.78. The van der Waals surface area contributed by atoms with Crippen LogP contribution < -0.4 is 4.90 Å². The summed E-state index contributed by atoms with van der Waals surface area (Å²) >= 11 is 13.7. The first kappa shape index (κ1) is 21.3. The van der Waals surface area contributed by atoms with Crippen molar-refractivity contribution in [1.82, 2.24) is 0 Å². The molecular weight excluding hydrogens is 455 g/mol. The highest BCUT2D eigenvalue weighted by Crippen LogP contribution is 2.26. The molecule has 3 nitrogen and oxygen atoms in total. The van der Waals surface area contributed by atoms with Crippen molar-refractivity contribution in [2.24, 2.45) is 4.99 Å². The topological polar surface area (TPSA) is 32.7 Å². The summed E-state index contributed by atoms with van der Waals surface area (Å²) in [7, 11) is 0. The average Bonchev–Trinajstić information content (AvgIpc) is 2.63. The quantitative estimate of drug-likeness (QED) is 0.505. The number of ketones is 1. The Morgan fingerprint density at radius 3 is 2.50 bits per heavy atom. The number of Topliss-reactive ketones (excluding diaryl/α,β-unsaturated/α-hetero) is 1. The van der Waals surface area contributed by atoms with Crippen molar-refractivity contribution in [2.45, 2.75) is 13.3 Å². The van der Waals surface area contributed by atoms with E-state index in [0.29, 0.717) is 15.6 Å². The summed E-state index contributed by atoms with van der Waals surface area (Å²) < 4.78 is 0. The molecule has 3 rings (SSSR count). The molecule has 0 bridgehead atoms. The maximum atomic E-state index is 12.8. The Kier molecular flexibility index (Phi) is 8.02. The number of hydrogen-bond acceptors (Lipinski definition) is 4. The van der Waals surface area contributed by atoms with Crippen molar-refractivity contribution in [3.63, 3.8) is 0 Å². The number of carbonyl (C=O) groups excluding carboxylic acids is 1. The van der Waals surface area contributed by atoms with Gasteiger partial charge in [-0.25, -0.2) is 0 Å². The molecule has 0 unspecified atom stereocenters. The molecule has 0 saturated heterocycles. The predicted octanol–water partition coefficient (Wildman–Crippen LogP) is 6.06. The normalized spacial score (nSPS) is 13.6. The van der Waals surface area contributed by atoms with E-state index >= 15 is 0 Å². The molecule has 0 radical (unpaired) electrons. The zero-order valence-corrected chi connectivity index (χ0v) is 18.3. The lowest BCUT2D eigenvalue weighted by molar-refractivity contribution is 0.100. The van der Waals surface area contributed by atoms with Crippen LogP contribution in [0, 0.1) is 6.92 Å². The van der Waals surface area contributed by atoms with Crippen molar-refractivity contribution in [3.05, 3.63) is 63.6 Å². The van der Waals surface area contributed by atoms with Crippen LogP contribution in [0.15, 0.2) is 47.5 Å². The highest BCUT2D eigenvalue weighted by molar-refractivity contribution is 8.93. The summed E-state index contributed by atoms with van der Waals surface area (Å²) in [6.45, 7) is 3.06. The number of thioether (sulfide) groups is 1. The van der Waals surface area contributed by atoms with Crippen molar-refractivity contribution in [3.8, 4) is 0 Å². The van der Waals surface area contributed by atoms with Crippen molar-refractivity contribution >= 4 is 68.6 Å². The Balaban J connectivity index is 0.00000243. The lowest BCUT2D eigenvalue weighted by atomic mass is 10.1. The van der Waals surface area contributed by atoms with Gasteiger partial charge in [0.15, 0.2) is 11.0 Å². The molecule has 0 aliphatic carbocycles. The molecule has 26 heavy (non-hydrogen) atoms. The molecule has 1 heterocycles. The van der Waals surface area contributed by atoms with Gasteiger partial charge in [-0.05, 0) is 43.7 Å². The van der Waals surface area contributed by atoms with E-state index in [9.17, 15) is 4.79 Å². The third kappa shape index (κ3) is 5.26. The largest absolute Gasteiger partial charge is 0.313 e. The minimum absolute atomic E-state index is 0. The molecule has 1 aliphatic heterocycles. The first-order chi connectivity index (χ1) is 12.0. The maximum Gasteiger partial charge on any atom is 0.182 e. The maximum absolute atomic E-state index is 12.8. The minimum Gasteiger partial charge on any atom is -0.313 e. The van der Waals surface area contributed by atoms with Crippen molar-refractivity contribution < 1.29 is 4.79 Å². The molecule has 0 saturated carbocycles. The number of hydrogen-bond donors (Lipinski definition) is 0. The average molecular weight is 474 g/mol. The van der Waals surface area contributed by atoms with E-state index in [4.69, 9.17) is 23.2 Å². The summed E-state index contributed by atoms with van der Waals surface area (Å²) in [6, 6.07) is 13.1. The van der Waals surface area contributed by atoms with Crippen LogP contribution in [0.1, 0.15) is 22.3 Å². The summed E-state index contributed by atoms with van der Waals surface area (Å²) in [5, 5.41) is 1.73. The fourth-order valence-corrected chi connectivity index (χ4v) is 3.77. The predicted molar refractivity (Wildman–Crippen MR) is 119 cm³/mol. The third-order valence-electron chi connectivity index (χ3n) is 3.90. The number of aliphatic imine (C=N–C) groups is 1. The molecule has 0 amide bonds. The van der Waals surface area contributed by atoms with Gasteiger partial charge in [-0.15, -0.1) is 17.0 Å². The molecule has 0 N–H and O–H groups in total. The number of carbonyl (C=O) groups is 1. The standard InChI is InChI=1S/C19H18Cl2N2OS.BrH/c1-13-3-6-15(7-4-13)23(19-22-9-2-10-25-19)12-18(24)14-5-8-16(20)17(21)11-14;/h3-8,11H,2,9-10,12H2,1H3;1H. The van der Waals surface area contributed by atoms with Gasteiger partial charge in [0.05, 0.1) is 16.6 Å². The van der Waals surface area contributed by atoms with E-state index < -0.39 is 0 Å². The van der Waals surface area contributed by atoms with Crippen molar-refractivity contribution in [1.29, 1.82) is 0 Å². The Hall–Kier alpha value is -1.01. The highest BCUT2D eigenvalue weighted by Gasteiger charge is 2.21. The Bertz CT molecular complexity index is 812. The number of benzene rings is 2. The van der Waals surface area contributed by atoms with Gasteiger partial charge < -0.3 is 4.90 Å². The van der Waals surface area contributed by atoms with Crippen LogP contribution in [0.3, 0.4) is 0 Å². The van der Waals surface area contributed by atoms with Gasteiger partial charge in [-0.1, -0.05) is 52.7 Å². The lowest BCUT2D eigenvalue weighted by Gasteiger charge is -2.27. The molecule has 2 aromatic carbocycles. The summed E-state index contributed by atoms with van der Waals surface area (Å²) in [5.41, 5.74) is 2.69. The molecule has 0 spiro atoms. The number of anilines is 1. The smallest absolute Gasteiger partial charge is 0.182 e. The van der Waals surface area contributed by atoms with E-state index in [1.54, 1.807) is 30.0 Å². The van der Waals surface area contributed by atoms with Crippen LogP contribution in [0.4, 0.5) is 5.69 Å². The number of rotatable bonds is 4. The second-order valence-electron chi connectivity index (χ2n) is 5.84. The van der Waals surface area contributed by atoms with E-state index in [0.717, 1.165) is 29.6 Å². The SMILES string of the molecule is Br.Cc1ccc(N(CC(=O)c2ccc(Cl)c(Cl)c2)C2=NCCCS2)cc1. The van der Waals surface area contributed by atoms with E-state index in [-0.39, 0.29) is 29.3 Å². The van der Waals surface area contributed by atoms with E-state index in [1.165, 1.54) is 5.56 Å². The number of aryl methyl sites for hydroxylation is 1. The highest BCUT2D eigenvalue weighted by atomic mass is 79.9. The molecule has 0 atom stereocenters. The molecule has 2 aromatic rings. The molecule has 1 aliphatic rings. The molecule has 138 valence electrons. The van der Waals surface area contributed by atoms with Crippen LogP contribution in [0.5, 0.6) is 0 Å². The van der Waals surface area contributed by atoms with E-state index in [2.05, 4.69) is 4.99 Å². The van der Waals surface area contributed by atoms with E-state index in [1.807, 2.05) is 36.1 Å².